The number of halogens is 3. The maximum absolute atomic E-state index is 13.5. The summed E-state index contributed by atoms with van der Waals surface area (Å²) in [6, 6.07) is 19.2. The molecule has 8 heteroatoms. The zero-order valence-electron chi connectivity index (χ0n) is 20.7. The second-order valence-corrected chi connectivity index (χ2v) is 9.81. The number of rotatable bonds is 4. The molecule has 196 valence electrons. The number of carbonyl (C=O) groups excluding carboxylic acids is 1. The predicted octanol–water partition coefficient (Wildman–Crippen LogP) is 6.52. The lowest BCUT2D eigenvalue weighted by atomic mass is 9.89. The van der Waals surface area contributed by atoms with Crippen molar-refractivity contribution in [1.82, 2.24) is 4.90 Å². The average molecular weight is 522 g/mol. The van der Waals surface area contributed by atoms with Gasteiger partial charge in [0, 0.05) is 5.92 Å². The minimum absolute atomic E-state index is 0.0593. The molecule has 1 aliphatic carbocycles. The van der Waals surface area contributed by atoms with Crippen LogP contribution in [-0.4, -0.2) is 50.0 Å². The zero-order valence-corrected chi connectivity index (χ0v) is 20.7. The summed E-state index contributed by atoms with van der Waals surface area (Å²) in [6.07, 6.45) is -2.77. The summed E-state index contributed by atoms with van der Waals surface area (Å²) in [5.41, 5.74) is 4.95. The van der Waals surface area contributed by atoms with Crippen molar-refractivity contribution in [3.05, 3.63) is 95.1 Å². The molecule has 2 unspecified atom stereocenters. The number of ether oxygens (including phenoxy) is 3. The number of hydrogen-bond donors (Lipinski definition) is 0. The van der Waals surface area contributed by atoms with Gasteiger partial charge < -0.3 is 14.2 Å². The first-order valence-electron chi connectivity index (χ1n) is 12.5. The van der Waals surface area contributed by atoms with E-state index in [9.17, 15) is 18.0 Å². The lowest BCUT2D eigenvalue weighted by Crippen LogP contribution is -2.56. The topological polar surface area (TPSA) is 48.0 Å². The highest BCUT2D eigenvalue weighted by Crippen LogP contribution is 2.45. The largest absolute Gasteiger partial charge is 0.497 e. The smallest absolute Gasteiger partial charge is 0.416 e. The fraction of sp³-hybridized carbons (Fsp3) is 0.300. The van der Waals surface area contributed by atoms with Crippen molar-refractivity contribution >= 4 is 11.7 Å². The Hall–Kier alpha value is -3.78. The quantitative estimate of drug-likeness (QED) is 0.392. The first-order valence-corrected chi connectivity index (χ1v) is 12.5. The molecule has 0 saturated carbocycles. The normalized spacial score (nSPS) is 20.4. The van der Waals surface area contributed by atoms with E-state index in [2.05, 4.69) is 24.3 Å². The van der Waals surface area contributed by atoms with Crippen molar-refractivity contribution in [1.29, 1.82) is 0 Å². The van der Waals surface area contributed by atoms with Crippen LogP contribution in [0.15, 0.2) is 72.8 Å². The van der Waals surface area contributed by atoms with Crippen molar-refractivity contribution in [2.45, 2.75) is 30.6 Å². The molecule has 3 aromatic carbocycles. The molecule has 3 aliphatic rings. The Bertz CT molecular complexity index is 1370. The maximum atomic E-state index is 13.5. The first kappa shape index (κ1) is 24.6. The summed E-state index contributed by atoms with van der Waals surface area (Å²) < 4.78 is 57.2. The van der Waals surface area contributed by atoms with E-state index >= 15 is 0 Å². The van der Waals surface area contributed by atoms with E-state index in [0.717, 1.165) is 40.0 Å². The number of hydrogen-bond acceptors (Lipinski definition) is 4. The van der Waals surface area contributed by atoms with Gasteiger partial charge in [-0.25, -0.2) is 4.79 Å². The van der Waals surface area contributed by atoms with Gasteiger partial charge in [0.15, 0.2) is 0 Å². The van der Waals surface area contributed by atoms with Crippen molar-refractivity contribution in [3.8, 4) is 16.9 Å². The molecule has 1 amide bonds. The van der Waals surface area contributed by atoms with Gasteiger partial charge in [0.1, 0.15) is 12.4 Å². The molecule has 38 heavy (non-hydrogen) atoms. The second-order valence-electron chi connectivity index (χ2n) is 9.81. The van der Waals surface area contributed by atoms with E-state index in [1.165, 1.54) is 7.11 Å². The van der Waals surface area contributed by atoms with Crippen LogP contribution in [0.2, 0.25) is 0 Å². The van der Waals surface area contributed by atoms with Crippen LogP contribution in [0.1, 0.15) is 34.6 Å². The zero-order chi connectivity index (χ0) is 26.4. The molecule has 5 nitrogen and oxygen atoms in total. The Morgan fingerprint density at radius 1 is 1.00 bits per heavy atom. The van der Waals surface area contributed by atoms with Crippen LogP contribution in [0.5, 0.6) is 5.75 Å². The van der Waals surface area contributed by atoms with Gasteiger partial charge in [-0.15, -0.1) is 0 Å². The van der Waals surface area contributed by atoms with E-state index in [-0.39, 0.29) is 37.5 Å². The Morgan fingerprint density at radius 2 is 1.68 bits per heavy atom. The van der Waals surface area contributed by atoms with Crippen LogP contribution in [0, 0.1) is 0 Å². The number of benzene rings is 3. The number of morpholine rings is 1. The van der Waals surface area contributed by atoms with Crippen LogP contribution in [0.4, 0.5) is 18.0 Å². The molecule has 0 spiro atoms. The minimum atomic E-state index is -4.50. The predicted molar refractivity (Wildman–Crippen MR) is 136 cm³/mol. The van der Waals surface area contributed by atoms with Gasteiger partial charge in [-0.3, -0.25) is 4.90 Å². The Balaban J connectivity index is 1.23. The highest BCUT2D eigenvalue weighted by molar-refractivity contribution is 5.79. The van der Waals surface area contributed by atoms with Gasteiger partial charge in [-0.2, -0.15) is 13.2 Å². The summed E-state index contributed by atoms with van der Waals surface area (Å²) in [4.78, 5) is 15.0. The standard InChI is InChI=1S/C30H26F3NO4/c1-36-23-13-18(10-20(14-23)30(31,32)33)19-11-21-15-37-16-22(12-19)34(21)29(35)38-17-28-26-8-4-2-6-24(26)25-7-3-5-9-27(25)28/h2-11,13-14,21-22,28H,12,15-17H2,1H3. The van der Waals surface area contributed by atoms with Crippen LogP contribution < -0.4 is 4.74 Å². The fourth-order valence-electron chi connectivity index (χ4n) is 5.83. The molecule has 2 heterocycles. The number of amides is 1. The van der Waals surface area contributed by atoms with E-state index in [4.69, 9.17) is 14.2 Å². The van der Waals surface area contributed by atoms with E-state index < -0.39 is 23.9 Å². The molecule has 2 atom stereocenters. The highest BCUT2D eigenvalue weighted by atomic mass is 19.4. The van der Waals surface area contributed by atoms with Gasteiger partial charge in [-0.1, -0.05) is 54.6 Å². The van der Waals surface area contributed by atoms with Crippen LogP contribution in [0.25, 0.3) is 16.7 Å². The highest BCUT2D eigenvalue weighted by Gasteiger charge is 2.40. The molecule has 3 aromatic rings. The van der Waals surface area contributed by atoms with Gasteiger partial charge in [0.2, 0.25) is 0 Å². The number of fused-ring (bicyclic) bond motifs is 5. The number of methoxy groups -OCH3 is 1. The minimum Gasteiger partial charge on any atom is -0.497 e. The molecule has 0 radical (unpaired) electrons. The van der Waals surface area contributed by atoms with Gasteiger partial charge in [0.25, 0.3) is 0 Å². The van der Waals surface area contributed by atoms with Crippen molar-refractivity contribution < 1.29 is 32.2 Å². The van der Waals surface area contributed by atoms with Crippen LogP contribution >= 0.6 is 0 Å². The van der Waals surface area contributed by atoms with Crippen molar-refractivity contribution in [3.63, 3.8) is 0 Å². The first-order chi connectivity index (χ1) is 18.3. The summed E-state index contributed by atoms with van der Waals surface area (Å²) in [5, 5.41) is 0. The third kappa shape index (κ3) is 4.32. The van der Waals surface area contributed by atoms with E-state index in [0.29, 0.717) is 12.0 Å². The van der Waals surface area contributed by atoms with Gasteiger partial charge in [-0.05, 0) is 58.0 Å². The molecular weight excluding hydrogens is 495 g/mol. The van der Waals surface area contributed by atoms with Crippen molar-refractivity contribution in [2.75, 3.05) is 26.9 Å². The Labute approximate surface area is 218 Å². The number of alkyl halides is 3. The number of carbonyl (C=O) groups is 1. The van der Waals surface area contributed by atoms with E-state index in [1.54, 1.807) is 11.0 Å². The summed E-state index contributed by atoms with van der Waals surface area (Å²) in [7, 11) is 1.34. The third-order valence-electron chi connectivity index (χ3n) is 7.59. The average Bonchev–Trinajstić information content (AvgIpc) is 3.24. The molecule has 2 bridgehead atoms. The van der Waals surface area contributed by atoms with Crippen LogP contribution in [0.3, 0.4) is 0 Å². The van der Waals surface area contributed by atoms with Crippen molar-refractivity contribution in [2.24, 2.45) is 0 Å². The lowest BCUT2D eigenvalue weighted by Gasteiger charge is -2.44. The third-order valence-corrected chi connectivity index (χ3v) is 7.59. The van der Waals surface area contributed by atoms with Gasteiger partial charge >= 0.3 is 12.3 Å². The second kappa shape index (κ2) is 9.51. The summed E-state index contributed by atoms with van der Waals surface area (Å²) >= 11 is 0. The Morgan fingerprint density at radius 3 is 2.32 bits per heavy atom. The Kier molecular flexibility index (Phi) is 6.14. The molecule has 0 N–H and O–H groups in total. The molecular formula is C30H26F3NO4. The molecule has 6 rings (SSSR count). The molecule has 2 aliphatic heterocycles. The fourth-order valence-corrected chi connectivity index (χ4v) is 5.83. The van der Waals surface area contributed by atoms with Gasteiger partial charge in [0.05, 0.1) is 38.0 Å². The summed E-state index contributed by atoms with van der Waals surface area (Å²) in [6.45, 7) is 0.736. The molecule has 0 aromatic heterocycles. The van der Waals surface area contributed by atoms with Crippen LogP contribution in [-0.2, 0) is 15.7 Å². The van der Waals surface area contributed by atoms with E-state index in [1.807, 2.05) is 30.3 Å². The molecule has 1 fully saturated rings. The monoisotopic (exact) mass is 521 g/mol. The lowest BCUT2D eigenvalue weighted by molar-refractivity contribution is -0.137. The SMILES string of the molecule is COc1cc(C2=CC3COCC(C2)N3C(=O)OCC2c3ccccc3-c3ccccc32)cc(C(F)(F)F)c1. The summed E-state index contributed by atoms with van der Waals surface area (Å²) in [5.74, 6) is 0.0759. The number of nitrogens with zero attached hydrogens (tertiary/aromatic N) is 1. The molecule has 1 saturated heterocycles. The maximum Gasteiger partial charge on any atom is 0.416 e.